The molecule has 0 bridgehead atoms. The summed E-state index contributed by atoms with van der Waals surface area (Å²) in [6.45, 7) is 4.11. The maximum atomic E-state index is 13.9. The zero-order chi connectivity index (χ0) is 14.5. The first-order chi connectivity index (χ1) is 9.65. The predicted octanol–water partition coefficient (Wildman–Crippen LogP) is 1.60. The van der Waals surface area contributed by atoms with E-state index in [9.17, 15) is 9.18 Å². The second kappa shape index (κ2) is 6.56. The molecule has 1 saturated heterocycles. The van der Waals surface area contributed by atoms with Crippen molar-refractivity contribution in [1.82, 2.24) is 4.90 Å². The van der Waals surface area contributed by atoms with Crippen LogP contribution in [0.4, 0.5) is 14.9 Å². The van der Waals surface area contributed by atoms with Crippen molar-refractivity contribution in [3.63, 3.8) is 0 Å². The third kappa shape index (κ3) is 3.19. The number of carbonyl (C=O) groups is 1. The van der Waals surface area contributed by atoms with Gasteiger partial charge >= 0.3 is 6.09 Å². The van der Waals surface area contributed by atoms with Crippen LogP contribution in [0.5, 0.6) is 0 Å². The first-order valence-electron chi connectivity index (χ1n) is 6.71. The highest BCUT2D eigenvalue weighted by Crippen LogP contribution is 2.22. The SMILES string of the molecule is CCOC(=O)N1CCN(c2ccc(CO)cc2F)CC1. The minimum Gasteiger partial charge on any atom is -0.450 e. The van der Waals surface area contributed by atoms with Gasteiger partial charge in [0.1, 0.15) is 5.82 Å². The Morgan fingerprint density at radius 3 is 2.60 bits per heavy atom. The zero-order valence-electron chi connectivity index (χ0n) is 11.5. The minimum atomic E-state index is -0.346. The van der Waals surface area contributed by atoms with Crippen molar-refractivity contribution in [3.05, 3.63) is 29.6 Å². The van der Waals surface area contributed by atoms with E-state index >= 15 is 0 Å². The van der Waals surface area contributed by atoms with Crippen LogP contribution in [0.25, 0.3) is 0 Å². The summed E-state index contributed by atoms with van der Waals surface area (Å²) in [6.07, 6.45) is -0.316. The minimum absolute atomic E-state index is 0.173. The average Bonchev–Trinajstić information content (AvgIpc) is 2.47. The first kappa shape index (κ1) is 14.6. The van der Waals surface area contributed by atoms with Crippen molar-refractivity contribution in [3.8, 4) is 0 Å². The van der Waals surface area contributed by atoms with Gasteiger partial charge in [-0.15, -0.1) is 0 Å². The van der Waals surface area contributed by atoms with Gasteiger partial charge in [-0.2, -0.15) is 0 Å². The largest absolute Gasteiger partial charge is 0.450 e. The van der Waals surface area contributed by atoms with Crippen LogP contribution in [0.3, 0.4) is 0 Å². The van der Waals surface area contributed by atoms with Gasteiger partial charge in [0.25, 0.3) is 0 Å². The normalized spacial score (nSPS) is 15.3. The summed E-state index contributed by atoms with van der Waals surface area (Å²) < 4.78 is 18.9. The van der Waals surface area contributed by atoms with E-state index in [4.69, 9.17) is 9.84 Å². The number of ether oxygens (including phenoxy) is 1. The molecule has 110 valence electrons. The van der Waals surface area contributed by atoms with E-state index < -0.39 is 0 Å². The molecule has 6 heteroatoms. The Bertz CT molecular complexity index is 473. The van der Waals surface area contributed by atoms with Crippen LogP contribution < -0.4 is 4.90 Å². The number of carbonyl (C=O) groups excluding carboxylic acids is 1. The molecule has 1 aliphatic heterocycles. The van der Waals surface area contributed by atoms with Gasteiger partial charge in [0, 0.05) is 26.2 Å². The molecule has 0 unspecified atom stereocenters. The summed E-state index contributed by atoms with van der Waals surface area (Å²) in [6, 6.07) is 4.71. The molecule has 0 aromatic heterocycles. The van der Waals surface area contributed by atoms with Gasteiger partial charge in [-0.25, -0.2) is 9.18 Å². The van der Waals surface area contributed by atoms with E-state index in [0.29, 0.717) is 44.0 Å². The van der Waals surface area contributed by atoms with Crippen molar-refractivity contribution in [1.29, 1.82) is 0 Å². The molecule has 1 amide bonds. The van der Waals surface area contributed by atoms with E-state index in [2.05, 4.69) is 0 Å². The zero-order valence-corrected chi connectivity index (χ0v) is 11.5. The lowest BCUT2D eigenvalue weighted by Crippen LogP contribution is -2.49. The quantitative estimate of drug-likeness (QED) is 0.915. The van der Waals surface area contributed by atoms with Crippen molar-refractivity contribution >= 4 is 11.8 Å². The Kier molecular flexibility index (Phi) is 4.79. The molecule has 1 aromatic rings. The Balaban J connectivity index is 1.98. The second-order valence-electron chi connectivity index (χ2n) is 4.62. The number of piperazine rings is 1. The molecule has 1 fully saturated rings. The number of anilines is 1. The van der Waals surface area contributed by atoms with Crippen molar-refractivity contribution in [2.75, 3.05) is 37.7 Å². The lowest BCUT2D eigenvalue weighted by molar-refractivity contribution is 0.105. The molecule has 0 atom stereocenters. The Hall–Kier alpha value is -1.82. The molecule has 0 saturated carbocycles. The number of halogens is 1. The second-order valence-corrected chi connectivity index (χ2v) is 4.62. The van der Waals surface area contributed by atoms with E-state index in [1.165, 1.54) is 6.07 Å². The van der Waals surface area contributed by atoms with E-state index in [1.807, 2.05) is 4.90 Å². The van der Waals surface area contributed by atoms with Gasteiger partial charge in [0.15, 0.2) is 0 Å². The van der Waals surface area contributed by atoms with Crippen LogP contribution in [0, 0.1) is 5.82 Å². The third-order valence-electron chi connectivity index (χ3n) is 3.34. The van der Waals surface area contributed by atoms with Gasteiger partial charge in [-0.3, -0.25) is 0 Å². The Morgan fingerprint density at radius 1 is 1.35 bits per heavy atom. The van der Waals surface area contributed by atoms with E-state index in [1.54, 1.807) is 24.0 Å². The third-order valence-corrected chi connectivity index (χ3v) is 3.34. The molecule has 1 aromatic carbocycles. The summed E-state index contributed by atoms with van der Waals surface area (Å²) in [7, 11) is 0. The van der Waals surface area contributed by atoms with E-state index in [-0.39, 0.29) is 18.5 Å². The first-order valence-corrected chi connectivity index (χ1v) is 6.71. The highest BCUT2D eigenvalue weighted by molar-refractivity contribution is 5.68. The Morgan fingerprint density at radius 2 is 2.05 bits per heavy atom. The number of amides is 1. The lowest BCUT2D eigenvalue weighted by Gasteiger charge is -2.35. The number of benzene rings is 1. The molecule has 0 radical (unpaired) electrons. The number of hydrogen-bond acceptors (Lipinski definition) is 4. The van der Waals surface area contributed by atoms with Crippen LogP contribution >= 0.6 is 0 Å². The number of hydrogen-bond donors (Lipinski definition) is 1. The smallest absolute Gasteiger partial charge is 0.409 e. The molecule has 1 N–H and O–H groups in total. The summed E-state index contributed by atoms with van der Waals surface area (Å²) in [4.78, 5) is 15.1. The molecule has 20 heavy (non-hydrogen) atoms. The molecular formula is C14H19FN2O3. The van der Waals surface area contributed by atoms with Crippen molar-refractivity contribution in [2.24, 2.45) is 0 Å². The summed E-state index contributed by atoms with van der Waals surface area (Å²) >= 11 is 0. The maximum Gasteiger partial charge on any atom is 0.409 e. The highest BCUT2D eigenvalue weighted by Gasteiger charge is 2.23. The van der Waals surface area contributed by atoms with Crippen molar-refractivity contribution in [2.45, 2.75) is 13.5 Å². The predicted molar refractivity (Wildman–Crippen MR) is 73.1 cm³/mol. The van der Waals surface area contributed by atoms with Gasteiger partial charge in [-0.05, 0) is 24.6 Å². The molecule has 5 nitrogen and oxygen atoms in total. The average molecular weight is 282 g/mol. The molecule has 1 heterocycles. The number of aliphatic hydroxyl groups excluding tert-OH is 1. The van der Waals surface area contributed by atoms with Crippen LogP contribution in [-0.2, 0) is 11.3 Å². The number of aliphatic hydroxyl groups is 1. The number of rotatable bonds is 3. The van der Waals surface area contributed by atoms with Crippen LogP contribution in [0.1, 0.15) is 12.5 Å². The maximum absolute atomic E-state index is 13.9. The summed E-state index contributed by atoms with van der Waals surface area (Å²) in [5.74, 6) is -0.346. The summed E-state index contributed by atoms with van der Waals surface area (Å²) in [5.41, 5.74) is 1.06. The van der Waals surface area contributed by atoms with Gasteiger partial charge in [0.2, 0.25) is 0 Å². The van der Waals surface area contributed by atoms with Gasteiger partial charge in [-0.1, -0.05) is 6.07 Å². The van der Waals surface area contributed by atoms with E-state index in [0.717, 1.165) is 0 Å². The fraction of sp³-hybridized carbons (Fsp3) is 0.500. The highest BCUT2D eigenvalue weighted by atomic mass is 19.1. The van der Waals surface area contributed by atoms with Crippen molar-refractivity contribution < 1.29 is 19.0 Å². The summed E-state index contributed by atoms with van der Waals surface area (Å²) in [5, 5.41) is 8.97. The fourth-order valence-corrected chi connectivity index (χ4v) is 2.25. The van der Waals surface area contributed by atoms with Crippen LogP contribution in [-0.4, -0.2) is 48.9 Å². The monoisotopic (exact) mass is 282 g/mol. The molecular weight excluding hydrogens is 263 g/mol. The fourth-order valence-electron chi connectivity index (χ4n) is 2.25. The number of nitrogens with zero attached hydrogens (tertiary/aromatic N) is 2. The topological polar surface area (TPSA) is 53.0 Å². The molecule has 0 spiro atoms. The molecule has 1 aliphatic rings. The Labute approximate surface area is 117 Å². The molecule has 2 rings (SSSR count). The lowest BCUT2D eigenvalue weighted by atomic mass is 10.1. The van der Waals surface area contributed by atoms with Gasteiger partial charge in [0.05, 0.1) is 18.9 Å². The van der Waals surface area contributed by atoms with Crippen LogP contribution in [0.15, 0.2) is 18.2 Å². The van der Waals surface area contributed by atoms with Gasteiger partial charge < -0.3 is 19.6 Å². The standard InChI is InChI=1S/C14H19FN2O3/c1-2-20-14(19)17-7-5-16(6-8-17)13-4-3-11(10-18)9-12(13)15/h3-4,9,18H,2,5-8,10H2,1H3. The molecule has 0 aliphatic carbocycles. The van der Waals surface area contributed by atoms with Crippen LogP contribution in [0.2, 0.25) is 0 Å².